The Morgan fingerprint density at radius 2 is 2.08 bits per heavy atom. The van der Waals surface area contributed by atoms with Gasteiger partial charge in [-0.2, -0.15) is 0 Å². The number of hydrogen-bond acceptors (Lipinski definition) is 4. The predicted octanol–water partition coefficient (Wildman–Crippen LogP) is 1.45. The summed E-state index contributed by atoms with van der Waals surface area (Å²) in [5.74, 6) is 0.513. The standard InChI is InChI=1S/C18H25N3O3/c1-3-10-19-18(23)16-11-21(12(2)17(22)20-13-8-9-13)14-6-4-5-7-15(14)24-16/h4-7,12-13,16H,3,8-11H2,1-2H3,(H,19,23)(H,20,22)/t12-,16+/m0/s1. The van der Waals surface area contributed by atoms with Gasteiger partial charge in [0.15, 0.2) is 6.10 Å². The van der Waals surface area contributed by atoms with Crippen molar-refractivity contribution in [3.8, 4) is 5.75 Å². The molecule has 2 N–H and O–H groups in total. The van der Waals surface area contributed by atoms with Crippen molar-refractivity contribution in [3.63, 3.8) is 0 Å². The van der Waals surface area contributed by atoms with Crippen LogP contribution in [0.3, 0.4) is 0 Å². The highest BCUT2D eigenvalue weighted by Crippen LogP contribution is 2.34. The molecule has 0 spiro atoms. The van der Waals surface area contributed by atoms with E-state index in [0.717, 1.165) is 24.9 Å². The number of carbonyl (C=O) groups is 2. The molecule has 0 radical (unpaired) electrons. The van der Waals surface area contributed by atoms with Gasteiger partial charge in [-0.1, -0.05) is 19.1 Å². The van der Waals surface area contributed by atoms with Gasteiger partial charge < -0.3 is 20.3 Å². The first kappa shape index (κ1) is 16.6. The number of amides is 2. The quantitative estimate of drug-likeness (QED) is 0.828. The fourth-order valence-corrected chi connectivity index (χ4v) is 2.82. The van der Waals surface area contributed by atoms with E-state index in [1.165, 1.54) is 0 Å². The highest BCUT2D eigenvalue weighted by Gasteiger charge is 2.36. The van der Waals surface area contributed by atoms with Crippen molar-refractivity contribution in [1.29, 1.82) is 0 Å². The van der Waals surface area contributed by atoms with Crippen LogP contribution in [0.1, 0.15) is 33.1 Å². The number of rotatable bonds is 6. The lowest BCUT2D eigenvalue weighted by atomic mass is 10.1. The molecule has 0 saturated heterocycles. The van der Waals surface area contributed by atoms with Crippen LogP contribution in [0.2, 0.25) is 0 Å². The van der Waals surface area contributed by atoms with Gasteiger partial charge in [0.1, 0.15) is 11.8 Å². The Bertz CT molecular complexity index is 615. The van der Waals surface area contributed by atoms with E-state index < -0.39 is 6.10 Å². The third-order valence-corrected chi connectivity index (χ3v) is 4.42. The Balaban J connectivity index is 1.77. The van der Waals surface area contributed by atoms with Gasteiger partial charge in [-0.25, -0.2) is 0 Å². The molecule has 1 aromatic carbocycles. The second kappa shape index (κ2) is 7.11. The zero-order valence-corrected chi connectivity index (χ0v) is 14.2. The second-order valence-electron chi connectivity index (χ2n) is 6.48. The van der Waals surface area contributed by atoms with Gasteiger partial charge in [0.05, 0.1) is 12.2 Å². The Labute approximate surface area is 142 Å². The number of carbonyl (C=O) groups excluding carboxylic acids is 2. The molecule has 6 nitrogen and oxygen atoms in total. The normalized spacial score (nSPS) is 20.6. The molecule has 1 aliphatic heterocycles. The first-order valence-electron chi connectivity index (χ1n) is 8.70. The van der Waals surface area contributed by atoms with Crippen molar-refractivity contribution in [2.45, 2.75) is 51.3 Å². The van der Waals surface area contributed by atoms with Gasteiger partial charge in [-0.15, -0.1) is 0 Å². The second-order valence-corrected chi connectivity index (χ2v) is 6.48. The maximum Gasteiger partial charge on any atom is 0.262 e. The van der Waals surface area contributed by atoms with Gasteiger partial charge in [0, 0.05) is 12.6 Å². The number of anilines is 1. The Kier molecular flexibility index (Phi) is 4.92. The van der Waals surface area contributed by atoms with E-state index in [0.29, 0.717) is 24.9 Å². The molecule has 0 aromatic heterocycles. The molecule has 0 bridgehead atoms. The largest absolute Gasteiger partial charge is 0.477 e. The molecule has 2 amide bonds. The number of nitrogens with one attached hydrogen (secondary N) is 2. The molecule has 1 heterocycles. The summed E-state index contributed by atoms with van der Waals surface area (Å²) < 4.78 is 5.86. The van der Waals surface area contributed by atoms with Gasteiger partial charge in [-0.3, -0.25) is 9.59 Å². The minimum absolute atomic E-state index is 0.00178. The SMILES string of the molecule is CCCNC(=O)[C@H]1CN([C@@H](C)C(=O)NC2CC2)c2ccccc2O1. The first-order chi connectivity index (χ1) is 11.6. The Hall–Kier alpha value is -2.24. The molecule has 1 fully saturated rings. The maximum atomic E-state index is 12.5. The van der Waals surface area contributed by atoms with Crippen LogP contribution in [-0.4, -0.2) is 43.1 Å². The summed E-state index contributed by atoms with van der Waals surface area (Å²) in [4.78, 5) is 26.8. The summed E-state index contributed by atoms with van der Waals surface area (Å²) in [6, 6.07) is 7.52. The number of fused-ring (bicyclic) bond motifs is 1. The molecule has 130 valence electrons. The van der Waals surface area contributed by atoms with Gasteiger partial charge in [0.2, 0.25) is 5.91 Å². The van der Waals surface area contributed by atoms with Gasteiger partial charge in [0.25, 0.3) is 5.91 Å². The molecule has 2 atom stereocenters. The molecule has 24 heavy (non-hydrogen) atoms. The smallest absolute Gasteiger partial charge is 0.262 e. The maximum absolute atomic E-state index is 12.5. The van der Waals surface area contributed by atoms with Crippen molar-refractivity contribution in [3.05, 3.63) is 24.3 Å². The van der Waals surface area contributed by atoms with Gasteiger partial charge in [-0.05, 0) is 38.3 Å². The fraction of sp³-hybridized carbons (Fsp3) is 0.556. The highest BCUT2D eigenvalue weighted by atomic mass is 16.5. The number of para-hydroxylation sites is 2. The topological polar surface area (TPSA) is 70.7 Å². The van der Waals surface area contributed by atoms with Crippen molar-refractivity contribution in [1.82, 2.24) is 10.6 Å². The summed E-state index contributed by atoms with van der Waals surface area (Å²) in [5, 5.41) is 5.91. The molecule has 3 rings (SSSR count). The Morgan fingerprint density at radius 1 is 1.33 bits per heavy atom. The van der Waals surface area contributed by atoms with Crippen molar-refractivity contribution >= 4 is 17.5 Å². The van der Waals surface area contributed by atoms with Crippen LogP contribution in [0.15, 0.2) is 24.3 Å². The molecular formula is C18H25N3O3. The molecule has 1 aromatic rings. The molecular weight excluding hydrogens is 306 g/mol. The summed E-state index contributed by atoms with van der Waals surface area (Å²) in [5.41, 5.74) is 0.857. The zero-order valence-electron chi connectivity index (χ0n) is 14.2. The van der Waals surface area contributed by atoms with E-state index in [1.54, 1.807) is 0 Å². The van der Waals surface area contributed by atoms with Crippen LogP contribution in [0, 0.1) is 0 Å². The average molecular weight is 331 g/mol. The summed E-state index contributed by atoms with van der Waals surface area (Å²) in [7, 11) is 0. The lowest BCUT2D eigenvalue weighted by Gasteiger charge is -2.38. The van der Waals surface area contributed by atoms with E-state index in [1.807, 2.05) is 43.0 Å². The average Bonchev–Trinajstić information content (AvgIpc) is 3.41. The lowest BCUT2D eigenvalue weighted by molar-refractivity contribution is -0.128. The third kappa shape index (κ3) is 3.63. The number of nitrogens with zero attached hydrogens (tertiary/aromatic N) is 1. The van der Waals surface area contributed by atoms with E-state index in [9.17, 15) is 9.59 Å². The molecule has 0 unspecified atom stereocenters. The summed E-state index contributed by atoms with van der Waals surface area (Å²) in [6.45, 7) is 4.87. The van der Waals surface area contributed by atoms with E-state index >= 15 is 0 Å². The Morgan fingerprint density at radius 3 is 2.79 bits per heavy atom. The van der Waals surface area contributed by atoms with E-state index in [4.69, 9.17) is 4.74 Å². The fourth-order valence-electron chi connectivity index (χ4n) is 2.82. The molecule has 2 aliphatic rings. The van der Waals surface area contributed by atoms with Crippen molar-refractivity contribution < 1.29 is 14.3 Å². The van der Waals surface area contributed by atoms with Crippen molar-refractivity contribution in [2.75, 3.05) is 18.0 Å². The van der Waals surface area contributed by atoms with Crippen molar-refractivity contribution in [2.24, 2.45) is 0 Å². The molecule has 6 heteroatoms. The monoisotopic (exact) mass is 331 g/mol. The predicted molar refractivity (Wildman–Crippen MR) is 92.1 cm³/mol. The van der Waals surface area contributed by atoms with E-state index in [2.05, 4.69) is 10.6 Å². The van der Waals surface area contributed by atoms with Crippen LogP contribution >= 0.6 is 0 Å². The zero-order chi connectivity index (χ0) is 17.1. The molecule has 1 saturated carbocycles. The van der Waals surface area contributed by atoms with Crippen LogP contribution < -0.4 is 20.3 Å². The third-order valence-electron chi connectivity index (χ3n) is 4.42. The minimum Gasteiger partial charge on any atom is -0.477 e. The summed E-state index contributed by atoms with van der Waals surface area (Å²) in [6.07, 6.45) is 2.38. The van der Waals surface area contributed by atoms with Gasteiger partial charge >= 0.3 is 0 Å². The van der Waals surface area contributed by atoms with Crippen LogP contribution in [0.25, 0.3) is 0 Å². The van der Waals surface area contributed by atoms with Crippen LogP contribution in [-0.2, 0) is 9.59 Å². The van der Waals surface area contributed by atoms with E-state index in [-0.39, 0.29) is 17.9 Å². The first-order valence-corrected chi connectivity index (χ1v) is 8.70. The number of ether oxygens (including phenoxy) is 1. The highest BCUT2D eigenvalue weighted by molar-refractivity contribution is 5.88. The van der Waals surface area contributed by atoms with Crippen LogP contribution in [0.4, 0.5) is 5.69 Å². The summed E-state index contributed by atoms with van der Waals surface area (Å²) >= 11 is 0. The lowest BCUT2D eigenvalue weighted by Crippen LogP contribution is -2.55. The molecule has 1 aliphatic carbocycles. The number of benzene rings is 1. The van der Waals surface area contributed by atoms with Crippen LogP contribution in [0.5, 0.6) is 5.75 Å². The number of hydrogen-bond donors (Lipinski definition) is 2. The minimum atomic E-state index is -0.609.